The fraction of sp³-hybridized carbons (Fsp3) is 0.0909. The van der Waals surface area contributed by atoms with Crippen molar-refractivity contribution in [1.29, 1.82) is 0 Å². The number of carbonyl (C=O) groups is 1. The molecule has 0 aliphatic rings. The Morgan fingerprint density at radius 3 is 2.88 bits per heavy atom. The van der Waals surface area contributed by atoms with Crippen LogP contribution in [0.4, 0.5) is 0 Å². The Morgan fingerprint density at radius 2 is 2.25 bits per heavy atom. The molecule has 0 unspecified atom stereocenters. The van der Waals surface area contributed by atoms with E-state index in [1.165, 1.54) is 0 Å². The second-order valence-corrected chi connectivity index (χ2v) is 4.29. The lowest BCUT2D eigenvalue weighted by Crippen LogP contribution is -1.91. The number of nitrogens with zero attached hydrogens (tertiary/aromatic N) is 1. The number of rotatable bonds is 2. The summed E-state index contributed by atoms with van der Waals surface area (Å²) >= 11 is 9.25. The third-order valence-electron chi connectivity index (χ3n) is 2.22. The zero-order valence-electron chi connectivity index (χ0n) is 8.33. The topological polar surface area (TPSA) is 39.2 Å². The summed E-state index contributed by atoms with van der Waals surface area (Å²) in [4.78, 5) is 14.9. The van der Waals surface area contributed by atoms with Crippen LogP contribution in [0.1, 0.15) is 10.4 Å². The van der Waals surface area contributed by atoms with Gasteiger partial charge in [0.1, 0.15) is 10.9 Å². The number of halogens is 2. The first-order valence-corrected chi connectivity index (χ1v) is 5.62. The second-order valence-electron chi connectivity index (χ2n) is 3.13. The molecule has 1 aromatic heterocycles. The summed E-state index contributed by atoms with van der Waals surface area (Å²) < 4.78 is 5.92. The zero-order valence-corrected chi connectivity index (χ0v) is 10.7. The molecule has 0 radical (unpaired) electrons. The van der Waals surface area contributed by atoms with Crippen LogP contribution in [-0.2, 0) is 0 Å². The normalized spacial score (nSPS) is 10.4. The van der Waals surface area contributed by atoms with Gasteiger partial charge in [0.15, 0.2) is 6.29 Å². The summed E-state index contributed by atoms with van der Waals surface area (Å²) in [7, 11) is 1.58. The van der Waals surface area contributed by atoms with E-state index in [9.17, 15) is 4.79 Å². The highest BCUT2D eigenvalue weighted by atomic mass is 79.9. The number of fused-ring (bicyclic) bond motifs is 1. The minimum absolute atomic E-state index is 0.208. The molecule has 0 saturated heterocycles. The minimum Gasteiger partial charge on any atom is -0.496 e. The van der Waals surface area contributed by atoms with Crippen LogP contribution in [0.3, 0.4) is 0 Å². The third kappa shape index (κ3) is 1.79. The van der Waals surface area contributed by atoms with Gasteiger partial charge in [0.05, 0.1) is 22.7 Å². The number of aromatic nitrogens is 1. The van der Waals surface area contributed by atoms with Gasteiger partial charge in [-0.05, 0) is 34.1 Å². The summed E-state index contributed by atoms with van der Waals surface area (Å²) in [6.07, 6.45) is 0.681. The molecule has 0 saturated carbocycles. The smallest absolute Gasteiger partial charge is 0.153 e. The number of pyridine rings is 1. The van der Waals surface area contributed by atoms with E-state index in [1.807, 2.05) is 0 Å². The quantitative estimate of drug-likeness (QED) is 0.630. The summed E-state index contributed by atoms with van der Waals surface area (Å²) in [5, 5.41) is 1.01. The molecule has 0 amide bonds. The lowest BCUT2D eigenvalue weighted by molar-refractivity contribution is 0.112. The summed E-state index contributed by atoms with van der Waals surface area (Å²) in [5.74, 6) is 0.688. The van der Waals surface area contributed by atoms with Crippen molar-refractivity contribution in [1.82, 2.24) is 4.98 Å². The molecule has 16 heavy (non-hydrogen) atoms. The monoisotopic (exact) mass is 299 g/mol. The van der Waals surface area contributed by atoms with Crippen molar-refractivity contribution in [3.8, 4) is 5.75 Å². The van der Waals surface area contributed by atoms with E-state index >= 15 is 0 Å². The van der Waals surface area contributed by atoms with Gasteiger partial charge >= 0.3 is 0 Å². The summed E-state index contributed by atoms with van der Waals surface area (Å²) in [5.41, 5.74) is 1.08. The standard InChI is InChI=1S/C11H7BrClNO2/c1-16-9-3-2-8-7(10(9)12)4-6(5-15)11(13)14-8/h2-5H,1H3. The lowest BCUT2D eigenvalue weighted by Gasteiger charge is -2.07. The first-order valence-electron chi connectivity index (χ1n) is 4.45. The van der Waals surface area contributed by atoms with Crippen LogP contribution in [-0.4, -0.2) is 18.4 Å². The molecule has 0 atom stereocenters. The van der Waals surface area contributed by atoms with Crippen LogP contribution in [0.15, 0.2) is 22.7 Å². The maximum absolute atomic E-state index is 10.8. The fourth-order valence-corrected chi connectivity index (χ4v) is 2.22. The molecule has 0 N–H and O–H groups in total. The molecule has 1 heterocycles. The van der Waals surface area contributed by atoms with Crippen molar-refractivity contribution in [2.75, 3.05) is 7.11 Å². The van der Waals surface area contributed by atoms with Crippen LogP contribution in [0.25, 0.3) is 10.9 Å². The number of benzene rings is 1. The van der Waals surface area contributed by atoms with E-state index < -0.39 is 0 Å². The number of hydrogen-bond acceptors (Lipinski definition) is 3. The fourth-order valence-electron chi connectivity index (χ4n) is 1.42. The summed E-state index contributed by atoms with van der Waals surface area (Å²) in [6.45, 7) is 0. The number of ether oxygens (including phenoxy) is 1. The molecule has 1 aromatic carbocycles. The van der Waals surface area contributed by atoms with Crippen LogP contribution in [0.2, 0.25) is 5.15 Å². The predicted molar refractivity (Wildman–Crippen MR) is 66.4 cm³/mol. The van der Waals surface area contributed by atoms with Crippen molar-refractivity contribution in [2.24, 2.45) is 0 Å². The van der Waals surface area contributed by atoms with E-state index in [2.05, 4.69) is 20.9 Å². The van der Waals surface area contributed by atoms with Crippen molar-refractivity contribution in [3.05, 3.63) is 33.4 Å². The molecule has 2 aromatic rings. The van der Waals surface area contributed by atoms with Gasteiger partial charge in [-0.25, -0.2) is 4.98 Å². The molecule has 2 rings (SSSR count). The molecule has 0 bridgehead atoms. The molecule has 0 aliphatic carbocycles. The van der Waals surface area contributed by atoms with Gasteiger partial charge in [-0.2, -0.15) is 0 Å². The summed E-state index contributed by atoms with van der Waals surface area (Å²) in [6, 6.07) is 5.26. The average Bonchev–Trinajstić information content (AvgIpc) is 2.29. The van der Waals surface area contributed by atoms with E-state index in [4.69, 9.17) is 16.3 Å². The van der Waals surface area contributed by atoms with Gasteiger partial charge in [0, 0.05) is 5.39 Å². The molecule has 3 nitrogen and oxygen atoms in total. The minimum atomic E-state index is 0.208. The average molecular weight is 301 g/mol. The maximum atomic E-state index is 10.8. The first-order chi connectivity index (χ1) is 7.67. The Balaban J connectivity index is 2.82. The van der Waals surface area contributed by atoms with Gasteiger partial charge in [-0.15, -0.1) is 0 Å². The zero-order chi connectivity index (χ0) is 11.7. The van der Waals surface area contributed by atoms with Crippen LogP contribution in [0.5, 0.6) is 5.75 Å². The molecular weight excluding hydrogens is 293 g/mol. The third-order valence-corrected chi connectivity index (χ3v) is 3.35. The van der Waals surface area contributed by atoms with Gasteiger partial charge in [0.2, 0.25) is 0 Å². The molecule has 0 fully saturated rings. The van der Waals surface area contributed by atoms with Gasteiger partial charge in [-0.1, -0.05) is 11.6 Å². The highest BCUT2D eigenvalue weighted by Gasteiger charge is 2.09. The van der Waals surface area contributed by atoms with E-state index in [-0.39, 0.29) is 5.15 Å². The second kappa shape index (κ2) is 4.39. The van der Waals surface area contributed by atoms with Crippen molar-refractivity contribution >= 4 is 44.7 Å². The van der Waals surface area contributed by atoms with Gasteiger partial charge in [-0.3, -0.25) is 4.79 Å². The van der Waals surface area contributed by atoms with Gasteiger partial charge < -0.3 is 4.74 Å². The Kier molecular flexibility index (Phi) is 3.12. The van der Waals surface area contributed by atoms with E-state index in [1.54, 1.807) is 25.3 Å². The number of aldehydes is 1. The Hall–Kier alpha value is -1.13. The molecule has 5 heteroatoms. The highest BCUT2D eigenvalue weighted by molar-refractivity contribution is 9.10. The predicted octanol–water partition coefficient (Wildman–Crippen LogP) is 3.47. The lowest BCUT2D eigenvalue weighted by atomic mass is 10.1. The number of hydrogen-bond donors (Lipinski definition) is 0. The van der Waals surface area contributed by atoms with Crippen LogP contribution >= 0.6 is 27.5 Å². The largest absolute Gasteiger partial charge is 0.496 e. The van der Waals surface area contributed by atoms with Crippen molar-refractivity contribution in [3.63, 3.8) is 0 Å². The van der Waals surface area contributed by atoms with Crippen LogP contribution < -0.4 is 4.74 Å². The Labute approximate surface area is 106 Å². The Morgan fingerprint density at radius 1 is 1.50 bits per heavy atom. The van der Waals surface area contributed by atoms with Crippen molar-refractivity contribution in [2.45, 2.75) is 0 Å². The molecule has 0 spiro atoms. The molecular formula is C11H7BrClNO2. The maximum Gasteiger partial charge on any atom is 0.153 e. The molecule has 82 valence electrons. The number of methoxy groups -OCH3 is 1. The molecule has 0 aliphatic heterocycles. The first kappa shape index (κ1) is 11.4. The Bertz CT molecular complexity index is 571. The SMILES string of the molecule is COc1ccc2nc(Cl)c(C=O)cc2c1Br. The van der Waals surface area contributed by atoms with Crippen LogP contribution in [0, 0.1) is 0 Å². The van der Waals surface area contributed by atoms with E-state index in [0.29, 0.717) is 23.1 Å². The number of carbonyl (C=O) groups excluding carboxylic acids is 1. The van der Waals surface area contributed by atoms with Crippen molar-refractivity contribution < 1.29 is 9.53 Å². The van der Waals surface area contributed by atoms with Gasteiger partial charge in [0.25, 0.3) is 0 Å². The highest BCUT2D eigenvalue weighted by Crippen LogP contribution is 2.33. The van der Waals surface area contributed by atoms with E-state index in [0.717, 1.165) is 9.86 Å².